The van der Waals surface area contributed by atoms with Gasteiger partial charge in [-0.2, -0.15) is 0 Å². The molecule has 2 aromatic heterocycles. The minimum atomic E-state index is -0.430. The second-order valence-electron chi connectivity index (χ2n) is 8.83. The molecule has 0 saturated heterocycles. The largest absolute Gasteiger partial charge is 0.495 e. The zero-order valence-corrected chi connectivity index (χ0v) is 22.0. The molecule has 8 heteroatoms. The van der Waals surface area contributed by atoms with Gasteiger partial charge in [-0.05, 0) is 61.9 Å². The maximum absolute atomic E-state index is 13.7. The van der Waals surface area contributed by atoms with Crippen molar-refractivity contribution in [1.29, 1.82) is 0 Å². The van der Waals surface area contributed by atoms with Crippen molar-refractivity contribution in [3.8, 4) is 11.5 Å². The van der Waals surface area contributed by atoms with Crippen molar-refractivity contribution in [2.45, 2.75) is 26.7 Å². The van der Waals surface area contributed by atoms with Crippen LogP contribution < -0.4 is 14.8 Å². The van der Waals surface area contributed by atoms with E-state index in [1.54, 1.807) is 49.4 Å². The first-order valence-corrected chi connectivity index (χ1v) is 12.7. The topological polar surface area (TPSA) is 90.9 Å². The highest BCUT2D eigenvalue weighted by Gasteiger charge is 2.26. The van der Waals surface area contributed by atoms with Crippen molar-refractivity contribution in [2.24, 2.45) is 0 Å². The number of amides is 1. The SMILES string of the molecule is CCCCOc1ccc2oc(C)c(C(=O)Nc3c(C(=O)c4ccc(OC)c(Cl)c4)oc4ccccc34)c2c1. The average Bonchev–Trinajstić information content (AvgIpc) is 3.44. The monoisotopic (exact) mass is 531 g/mol. The summed E-state index contributed by atoms with van der Waals surface area (Å²) >= 11 is 6.26. The standard InChI is InChI=1S/C30H26ClNO6/c1-4-5-14-36-19-11-13-24-21(16-19)26(17(2)37-24)30(34)32-27-20-8-6-7-9-23(20)38-29(27)28(33)18-10-12-25(35-3)22(31)15-18/h6-13,15-16H,4-5,14H2,1-3H3,(H,32,34). The van der Waals surface area contributed by atoms with Crippen molar-refractivity contribution < 1.29 is 27.9 Å². The smallest absolute Gasteiger partial charge is 0.259 e. The zero-order valence-electron chi connectivity index (χ0n) is 21.2. The van der Waals surface area contributed by atoms with Gasteiger partial charge in [0.1, 0.15) is 28.4 Å². The predicted octanol–water partition coefficient (Wildman–Crippen LogP) is 7.81. The van der Waals surface area contributed by atoms with E-state index in [0.29, 0.717) is 56.9 Å². The summed E-state index contributed by atoms with van der Waals surface area (Å²) in [4.78, 5) is 27.2. The highest BCUT2D eigenvalue weighted by molar-refractivity contribution is 6.32. The van der Waals surface area contributed by atoms with E-state index in [4.69, 9.17) is 29.9 Å². The summed E-state index contributed by atoms with van der Waals surface area (Å²) in [6.45, 7) is 4.41. The number of anilines is 1. The van der Waals surface area contributed by atoms with Crippen LogP contribution in [-0.4, -0.2) is 25.4 Å². The molecule has 0 aliphatic rings. The van der Waals surface area contributed by atoms with Crippen LogP contribution in [0.15, 0.2) is 69.5 Å². The van der Waals surface area contributed by atoms with Crippen LogP contribution in [0.5, 0.6) is 11.5 Å². The van der Waals surface area contributed by atoms with Crippen molar-refractivity contribution in [3.63, 3.8) is 0 Å². The zero-order chi connectivity index (χ0) is 26.8. The molecule has 5 rings (SSSR count). The number of carbonyl (C=O) groups is 2. The molecule has 38 heavy (non-hydrogen) atoms. The van der Waals surface area contributed by atoms with Crippen molar-refractivity contribution >= 4 is 50.9 Å². The summed E-state index contributed by atoms with van der Waals surface area (Å²) in [7, 11) is 1.50. The third-order valence-electron chi connectivity index (χ3n) is 6.28. The molecule has 0 aliphatic heterocycles. The first-order valence-electron chi connectivity index (χ1n) is 12.3. The van der Waals surface area contributed by atoms with Gasteiger partial charge in [-0.1, -0.05) is 37.1 Å². The molecule has 3 aromatic carbocycles. The normalized spacial score (nSPS) is 11.2. The number of unbranched alkanes of at least 4 members (excludes halogenated alkanes) is 1. The third kappa shape index (κ3) is 4.73. The molecule has 0 fully saturated rings. The number of ether oxygens (including phenoxy) is 2. The van der Waals surface area contributed by atoms with Crippen LogP contribution in [0, 0.1) is 6.92 Å². The number of ketones is 1. The van der Waals surface area contributed by atoms with Gasteiger partial charge in [-0.3, -0.25) is 9.59 Å². The number of hydrogen-bond donors (Lipinski definition) is 1. The van der Waals surface area contributed by atoms with Crippen LogP contribution in [-0.2, 0) is 0 Å². The first-order chi connectivity index (χ1) is 18.4. The van der Waals surface area contributed by atoms with E-state index >= 15 is 0 Å². The van der Waals surface area contributed by atoms with Crippen LogP contribution >= 0.6 is 11.6 Å². The molecule has 0 spiro atoms. The molecule has 5 aromatic rings. The van der Waals surface area contributed by atoms with Crippen LogP contribution in [0.2, 0.25) is 5.02 Å². The Hall–Kier alpha value is -4.23. The van der Waals surface area contributed by atoms with Gasteiger partial charge in [-0.15, -0.1) is 0 Å². The molecular weight excluding hydrogens is 506 g/mol. The molecule has 2 heterocycles. The number of halogens is 1. The minimum Gasteiger partial charge on any atom is -0.495 e. The fourth-order valence-corrected chi connectivity index (χ4v) is 4.61. The Bertz CT molecular complexity index is 1660. The number of furan rings is 2. The van der Waals surface area contributed by atoms with E-state index in [9.17, 15) is 9.59 Å². The molecule has 0 bridgehead atoms. The molecule has 0 radical (unpaired) electrons. The summed E-state index contributed by atoms with van der Waals surface area (Å²) in [5.74, 6) is 0.686. The number of nitrogens with one attached hydrogen (secondary N) is 1. The molecule has 194 valence electrons. The lowest BCUT2D eigenvalue weighted by Crippen LogP contribution is -2.15. The van der Waals surface area contributed by atoms with Gasteiger partial charge in [-0.25, -0.2) is 0 Å². The Morgan fingerprint density at radius 3 is 2.53 bits per heavy atom. The average molecular weight is 532 g/mol. The molecular formula is C30H26ClNO6. The summed E-state index contributed by atoms with van der Waals surface area (Å²) in [6, 6.07) is 17.3. The maximum atomic E-state index is 13.7. The highest BCUT2D eigenvalue weighted by Crippen LogP contribution is 2.36. The van der Waals surface area contributed by atoms with E-state index in [-0.39, 0.29) is 16.5 Å². The lowest BCUT2D eigenvalue weighted by Gasteiger charge is -2.08. The van der Waals surface area contributed by atoms with Crippen LogP contribution in [0.1, 0.15) is 52.0 Å². The number of hydrogen-bond acceptors (Lipinski definition) is 6. The lowest BCUT2D eigenvalue weighted by molar-refractivity contribution is 0.101. The Morgan fingerprint density at radius 2 is 1.76 bits per heavy atom. The van der Waals surface area contributed by atoms with Gasteiger partial charge >= 0.3 is 0 Å². The van der Waals surface area contributed by atoms with E-state index < -0.39 is 11.7 Å². The fourth-order valence-electron chi connectivity index (χ4n) is 4.35. The first kappa shape index (κ1) is 25.4. The molecule has 1 amide bonds. The van der Waals surface area contributed by atoms with E-state index in [2.05, 4.69) is 12.2 Å². The summed E-state index contributed by atoms with van der Waals surface area (Å²) in [6.07, 6.45) is 1.95. The van der Waals surface area contributed by atoms with Gasteiger partial charge in [0.15, 0.2) is 5.76 Å². The van der Waals surface area contributed by atoms with Crippen LogP contribution in [0.25, 0.3) is 21.9 Å². The van der Waals surface area contributed by atoms with Crippen LogP contribution in [0.3, 0.4) is 0 Å². The third-order valence-corrected chi connectivity index (χ3v) is 6.58. The van der Waals surface area contributed by atoms with Crippen molar-refractivity contribution in [1.82, 2.24) is 0 Å². The van der Waals surface area contributed by atoms with E-state index in [1.807, 2.05) is 12.1 Å². The lowest BCUT2D eigenvalue weighted by atomic mass is 10.1. The van der Waals surface area contributed by atoms with E-state index in [1.165, 1.54) is 13.2 Å². The van der Waals surface area contributed by atoms with Gasteiger partial charge in [0.25, 0.3) is 5.91 Å². The Morgan fingerprint density at radius 1 is 0.974 bits per heavy atom. The Balaban J connectivity index is 1.54. The van der Waals surface area contributed by atoms with Gasteiger partial charge in [0, 0.05) is 16.3 Å². The minimum absolute atomic E-state index is 0.00479. The highest BCUT2D eigenvalue weighted by atomic mass is 35.5. The second kappa shape index (κ2) is 10.6. The van der Waals surface area contributed by atoms with Crippen molar-refractivity contribution in [2.75, 3.05) is 19.0 Å². The molecule has 0 atom stereocenters. The number of carbonyl (C=O) groups excluding carboxylic acids is 2. The van der Waals surface area contributed by atoms with Crippen LogP contribution in [0.4, 0.5) is 5.69 Å². The molecule has 0 aliphatic carbocycles. The van der Waals surface area contributed by atoms with E-state index in [0.717, 1.165) is 12.8 Å². The van der Waals surface area contributed by atoms with Gasteiger partial charge in [0.05, 0.1) is 30.0 Å². The molecule has 0 saturated carbocycles. The van der Waals surface area contributed by atoms with Gasteiger partial charge < -0.3 is 23.6 Å². The number of methoxy groups -OCH3 is 1. The maximum Gasteiger partial charge on any atom is 0.259 e. The molecule has 1 N–H and O–H groups in total. The summed E-state index contributed by atoms with van der Waals surface area (Å²) in [5.41, 5.74) is 1.95. The Labute approximate surface area is 224 Å². The number of benzene rings is 3. The number of para-hydroxylation sites is 1. The quantitative estimate of drug-likeness (QED) is 0.154. The number of rotatable bonds is 9. The Kier molecular flexibility index (Phi) is 7.11. The molecule has 7 nitrogen and oxygen atoms in total. The number of fused-ring (bicyclic) bond motifs is 2. The number of aryl methyl sites for hydroxylation is 1. The van der Waals surface area contributed by atoms with Gasteiger partial charge in [0.2, 0.25) is 5.78 Å². The fraction of sp³-hybridized carbons (Fsp3) is 0.200. The summed E-state index contributed by atoms with van der Waals surface area (Å²) < 4.78 is 22.8. The molecule has 0 unspecified atom stereocenters. The predicted molar refractivity (Wildman–Crippen MR) is 147 cm³/mol. The second-order valence-corrected chi connectivity index (χ2v) is 9.24. The van der Waals surface area contributed by atoms with Crippen molar-refractivity contribution in [3.05, 3.63) is 88.3 Å². The summed E-state index contributed by atoms with van der Waals surface area (Å²) in [5, 5.41) is 4.42.